The molecule has 1 fully saturated rings. The Morgan fingerprint density at radius 1 is 1.26 bits per heavy atom. The molecule has 0 atom stereocenters. The van der Waals surface area contributed by atoms with Gasteiger partial charge < -0.3 is 4.98 Å². The molecule has 1 aliphatic carbocycles. The maximum atomic E-state index is 12.5. The second-order valence-electron chi connectivity index (χ2n) is 5.62. The predicted molar refractivity (Wildman–Crippen MR) is 89.0 cm³/mol. The first-order valence-electron chi connectivity index (χ1n) is 7.47. The van der Waals surface area contributed by atoms with Crippen LogP contribution in [0.5, 0.6) is 0 Å². The van der Waals surface area contributed by atoms with Crippen LogP contribution >= 0.6 is 11.3 Å². The Labute approximate surface area is 135 Å². The lowest BCUT2D eigenvalue weighted by Crippen LogP contribution is -2.16. The molecule has 2 aromatic heterocycles. The van der Waals surface area contributed by atoms with Crippen molar-refractivity contribution < 1.29 is 4.79 Å². The zero-order valence-corrected chi connectivity index (χ0v) is 13.0. The second-order valence-corrected chi connectivity index (χ2v) is 6.63. The molecule has 2 heterocycles. The molecule has 23 heavy (non-hydrogen) atoms. The number of hydrogen-bond donors (Lipinski definition) is 2. The Morgan fingerprint density at radius 3 is 2.87 bits per heavy atom. The van der Waals surface area contributed by atoms with Crippen LogP contribution in [-0.4, -0.2) is 21.1 Å². The first-order chi connectivity index (χ1) is 11.2. The minimum Gasteiger partial charge on any atom is -0.322 e. The molecule has 4 rings (SSSR count). The Bertz CT molecular complexity index is 942. The number of amides is 1. The molecule has 0 unspecified atom stereocenters. The number of para-hydroxylation sites is 1. The Morgan fingerprint density at radius 2 is 2.09 bits per heavy atom. The molecule has 3 aromatic rings. The summed E-state index contributed by atoms with van der Waals surface area (Å²) in [5.74, 6) is 0.141. The second kappa shape index (κ2) is 5.58. The lowest BCUT2D eigenvalue weighted by molar-refractivity contribution is 0.102. The van der Waals surface area contributed by atoms with Crippen molar-refractivity contribution in [2.75, 3.05) is 5.32 Å². The molecular formula is C16H14N4O2S. The molecule has 1 aromatic carbocycles. The van der Waals surface area contributed by atoms with Crippen LogP contribution in [0, 0.1) is 0 Å². The van der Waals surface area contributed by atoms with E-state index in [0.717, 1.165) is 17.8 Å². The van der Waals surface area contributed by atoms with Gasteiger partial charge in [0, 0.05) is 22.9 Å². The summed E-state index contributed by atoms with van der Waals surface area (Å²) in [5.41, 5.74) is 0.670. The van der Waals surface area contributed by atoms with Crippen molar-refractivity contribution in [3.63, 3.8) is 0 Å². The Hall–Kier alpha value is -2.54. The fourth-order valence-electron chi connectivity index (χ4n) is 2.66. The summed E-state index contributed by atoms with van der Waals surface area (Å²) in [6.07, 6.45) is 3.51. The van der Waals surface area contributed by atoms with Gasteiger partial charge in [0.2, 0.25) is 10.7 Å². The third kappa shape index (κ3) is 2.63. The lowest BCUT2D eigenvalue weighted by atomic mass is 9.86. The number of carbonyl (C=O) groups excluding carboxylic acids is 1. The number of fused-ring (bicyclic) bond motifs is 1. The van der Waals surface area contributed by atoms with Crippen LogP contribution in [-0.2, 0) is 0 Å². The molecule has 7 heteroatoms. The highest BCUT2D eigenvalue weighted by molar-refractivity contribution is 7.15. The van der Waals surface area contributed by atoms with Crippen LogP contribution in [0.3, 0.4) is 0 Å². The van der Waals surface area contributed by atoms with E-state index in [-0.39, 0.29) is 11.5 Å². The van der Waals surface area contributed by atoms with Crippen LogP contribution in [0.25, 0.3) is 10.9 Å². The molecule has 1 amide bonds. The van der Waals surface area contributed by atoms with Crippen molar-refractivity contribution in [2.24, 2.45) is 0 Å². The number of pyridine rings is 1. The van der Waals surface area contributed by atoms with E-state index in [4.69, 9.17) is 0 Å². The molecule has 0 saturated heterocycles. The number of nitrogens with one attached hydrogen (secondary N) is 2. The third-order valence-corrected chi connectivity index (χ3v) is 5.11. The van der Waals surface area contributed by atoms with Crippen LogP contribution in [0.15, 0.2) is 35.1 Å². The van der Waals surface area contributed by atoms with E-state index in [0.29, 0.717) is 27.5 Å². The molecule has 116 valence electrons. The van der Waals surface area contributed by atoms with Crippen molar-refractivity contribution in [2.45, 2.75) is 25.2 Å². The van der Waals surface area contributed by atoms with Gasteiger partial charge in [-0.1, -0.05) is 36.0 Å². The van der Waals surface area contributed by atoms with Gasteiger partial charge in [-0.2, -0.15) is 0 Å². The standard InChI is InChI=1S/C16H14N4O2S/c21-13-8-11(10-6-1-2-7-12(10)17-13)14(22)18-16-20-19-15(23-16)9-4-3-5-9/h1-2,6-9H,3-5H2,(H,17,21)(H,18,20,22). The van der Waals surface area contributed by atoms with Gasteiger partial charge in [-0.3, -0.25) is 14.9 Å². The van der Waals surface area contributed by atoms with E-state index < -0.39 is 0 Å². The van der Waals surface area contributed by atoms with Gasteiger partial charge in [-0.05, 0) is 18.9 Å². The summed E-state index contributed by atoms with van der Waals surface area (Å²) < 4.78 is 0. The number of aromatic nitrogens is 3. The van der Waals surface area contributed by atoms with E-state index in [9.17, 15) is 9.59 Å². The number of benzene rings is 1. The first-order valence-corrected chi connectivity index (χ1v) is 8.29. The molecular weight excluding hydrogens is 312 g/mol. The molecule has 1 aliphatic rings. The monoisotopic (exact) mass is 326 g/mol. The van der Waals surface area contributed by atoms with Gasteiger partial charge in [-0.25, -0.2) is 0 Å². The molecule has 0 radical (unpaired) electrons. The van der Waals surface area contributed by atoms with Crippen LogP contribution in [0.2, 0.25) is 0 Å². The largest absolute Gasteiger partial charge is 0.322 e. The van der Waals surface area contributed by atoms with Crippen LogP contribution in [0.1, 0.15) is 40.5 Å². The molecule has 0 spiro atoms. The molecule has 6 nitrogen and oxygen atoms in total. The van der Waals surface area contributed by atoms with Gasteiger partial charge >= 0.3 is 0 Å². The zero-order valence-electron chi connectivity index (χ0n) is 12.2. The van der Waals surface area contributed by atoms with Gasteiger partial charge in [0.25, 0.3) is 5.91 Å². The van der Waals surface area contributed by atoms with Crippen LogP contribution < -0.4 is 10.9 Å². The number of anilines is 1. The fourth-order valence-corrected chi connectivity index (χ4v) is 3.57. The predicted octanol–water partition coefficient (Wildman–Crippen LogP) is 2.90. The van der Waals surface area contributed by atoms with Gasteiger partial charge in [0.15, 0.2) is 0 Å². The number of H-pyrrole nitrogens is 1. The highest BCUT2D eigenvalue weighted by atomic mass is 32.1. The highest BCUT2D eigenvalue weighted by Crippen LogP contribution is 2.38. The van der Waals surface area contributed by atoms with Crippen molar-refractivity contribution in [3.05, 3.63) is 51.3 Å². The number of aromatic amines is 1. The number of nitrogens with zero attached hydrogens (tertiary/aromatic N) is 2. The fraction of sp³-hybridized carbons (Fsp3) is 0.250. The number of carbonyl (C=O) groups is 1. The SMILES string of the molecule is O=C(Nc1nnc(C2CCC2)s1)c1cc(=O)[nH]c2ccccc12. The summed E-state index contributed by atoms with van der Waals surface area (Å²) in [5, 5.41) is 13.1. The lowest BCUT2D eigenvalue weighted by Gasteiger charge is -2.21. The Balaban J connectivity index is 1.64. The van der Waals surface area contributed by atoms with E-state index in [2.05, 4.69) is 20.5 Å². The maximum Gasteiger partial charge on any atom is 0.258 e. The van der Waals surface area contributed by atoms with Crippen LogP contribution in [0.4, 0.5) is 5.13 Å². The van der Waals surface area contributed by atoms with Crippen molar-refractivity contribution >= 4 is 33.3 Å². The molecule has 1 saturated carbocycles. The topological polar surface area (TPSA) is 87.7 Å². The van der Waals surface area contributed by atoms with E-state index in [1.54, 1.807) is 12.1 Å². The van der Waals surface area contributed by atoms with Crippen molar-refractivity contribution in [3.8, 4) is 0 Å². The molecule has 0 bridgehead atoms. The average molecular weight is 326 g/mol. The average Bonchev–Trinajstić information content (AvgIpc) is 2.92. The molecule has 0 aliphatic heterocycles. The summed E-state index contributed by atoms with van der Waals surface area (Å²) >= 11 is 1.41. The normalized spacial score (nSPS) is 14.6. The third-order valence-electron chi connectivity index (χ3n) is 4.11. The number of rotatable bonds is 3. The van der Waals surface area contributed by atoms with E-state index in [1.165, 1.54) is 23.8 Å². The smallest absolute Gasteiger partial charge is 0.258 e. The quantitative estimate of drug-likeness (QED) is 0.774. The maximum absolute atomic E-state index is 12.5. The van der Waals surface area contributed by atoms with Gasteiger partial charge in [0.1, 0.15) is 5.01 Å². The molecule has 2 N–H and O–H groups in total. The summed E-state index contributed by atoms with van der Waals surface area (Å²) in [4.78, 5) is 27.0. The van der Waals surface area contributed by atoms with Gasteiger partial charge in [0.05, 0.1) is 5.56 Å². The first kappa shape index (κ1) is 14.1. The minimum absolute atomic E-state index is 0.304. The van der Waals surface area contributed by atoms with E-state index in [1.807, 2.05) is 12.1 Å². The number of hydrogen-bond acceptors (Lipinski definition) is 5. The Kier molecular flexibility index (Phi) is 3.42. The summed E-state index contributed by atoms with van der Waals surface area (Å²) in [6, 6.07) is 8.53. The minimum atomic E-state index is -0.344. The van der Waals surface area contributed by atoms with Crippen molar-refractivity contribution in [1.29, 1.82) is 0 Å². The zero-order chi connectivity index (χ0) is 15.8. The highest BCUT2D eigenvalue weighted by Gasteiger charge is 2.24. The van der Waals surface area contributed by atoms with Gasteiger partial charge in [-0.15, -0.1) is 10.2 Å². The van der Waals surface area contributed by atoms with Crippen molar-refractivity contribution in [1.82, 2.24) is 15.2 Å². The summed E-state index contributed by atoms with van der Waals surface area (Å²) in [7, 11) is 0. The van der Waals surface area contributed by atoms with E-state index >= 15 is 0 Å². The summed E-state index contributed by atoms with van der Waals surface area (Å²) in [6.45, 7) is 0.